The highest BCUT2D eigenvalue weighted by Crippen LogP contribution is 1.89. The average molecular weight is 94.1 g/mol. The first-order chi connectivity index (χ1) is 3.39. The lowest BCUT2D eigenvalue weighted by molar-refractivity contribution is 0.493. The van der Waals surface area contributed by atoms with E-state index in [4.69, 9.17) is 0 Å². The van der Waals surface area contributed by atoms with Crippen molar-refractivity contribution in [1.82, 2.24) is 0 Å². The van der Waals surface area contributed by atoms with Crippen LogP contribution in [0.4, 0.5) is 4.39 Å². The Morgan fingerprint density at radius 3 is 2.14 bits per heavy atom. The van der Waals surface area contributed by atoms with Crippen LogP contribution in [0, 0.1) is 23.7 Å². The first-order valence-corrected chi connectivity index (χ1v) is 2.00. The van der Waals surface area contributed by atoms with Crippen LogP contribution >= 0.6 is 0 Å². The Kier molecular flexibility index (Phi) is 1.00. The molecule has 0 spiro atoms. The topological polar surface area (TPSA) is 0 Å². The molecule has 0 aromatic carbocycles. The van der Waals surface area contributed by atoms with Crippen molar-refractivity contribution >= 4 is 0 Å². The van der Waals surface area contributed by atoms with E-state index in [1.165, 1.54) is 0 Å². The van der Waals surface area contributed by atoms with Gasteiger partial charge in [0.15, 0.2) is 0 Å². The summed E-state index contributed by atoms with van der Waals surface area (Å²) in [5.74, 6) is 9.66. The van der Waals surface area contributed by atoms with Gasteiger partial charge in [0, 0.05) is 0 Å². The number of hydrogen-bond acceptors (Lipinski definition) is 0. The van der Waals surface area contributed by atoms with Crippen LogP contribution in [0.2, 0.25) is 0 Å². The molecule has 1 aliphatic rings. The Labute approximate surface area is 41.7 Å². The third kappa shape index (κ3) is 0.945. The third-order valence-corrected chi connectivity index (χ3v) is 0.634. The largest absolute Gasteiger partial charge is 0.221 e. The summed E-state index contributed by atoms with van der Waals surface area (Å²) in [4.78, 5) is 0. The minimum absolute atomic E-state index is 0.528. The Hall–Kier alpha value is -0.950. The molecule has 0 aliphatic heterocycles. The van der Waals surface area contributed by atoms with Crippen LogP contribution in [0.1, 0.15) is 6.42 Å². The fourth-order valence-corrected chi connectivity index (χ4v) is 0.362. The van der Waals surface area contributed by atoms with Crippen molar-refractivity contribution in [1.29, 1.82) is 0 Å². The highest BCUT2D eigenvalue weighted by atomic mass is 19.1. The fraction of sp³-hybridized carbons (Fsp3) is 0.333. The molecule has 0 atom stereocenters. The molecule has 0 bridgehead atoms. The number of hydrogen-bond donors (Lipinski definition) is 0. The molecule has 0 nitrogen and oxygen atoms in total. The van der Waals surface area contributed by atoms with Gasteiger partial charge in [-0.3, -0.25) is 0 Å². The van der Waals surface area contributed by atoms with Crippen LogP contribution in [-0.4, -0.2) is 6.17 Å². The molecule has 1 heteroatoms. The highest BCUT2D eigenvalue weighted by Gasteiger charge is 1.93. The van der Waals surface area contributed by atoms with Crippen molar-refractivity contribution in [3.05, 3.63) is 0 Å². The molecule has 0 fully saturated rings. The van der Waals surface area contributed by atoms with Gasteiger partial charge in [-0.1, -0.05) is 23.7 Å². The Balaban J connectivity index is 2.64. The van der Waals surface area contributed by atoms with Gasteiger partial charge < -0.3 is 0 Å². The van der Waals surface area contributed by atoms with Crippen LogP contribution in [0.15, 0.2) is 0 Å². The maximum atomic E-state index is 11.8. The van der Waals surface area contributed by atoms with E-state index in [-0.39, 0.29) is 0 Å². The third-order valence-electron chi connectivity index (χ3n) is 0.634. The summed E-state index contributed by atoms with van der Waals surface area (Å²) in [5, 5.41) is 0. The summed E-state index contributed by atoms with van der Waals surface area (Å²) >= 11 is 0. The molecule has 7 heavy (non-hydrogen) atoms. The minimum atomic E-state index is -1.19. The summed E-state index contributed by atoms with van der Waals surface area (Å²) in [6, 6.07) is 0. The van der Waals surface area contributed by atoms with Crippen molar-refractivity contribution in [2.45, 2.75) is 12.6 Å². The standard InChI is InChI=1S/C6H3F/c7-6-4-2-1-3-5-6/h6H,1H2. The molecule has 0 heterocycles. The summed E-state index contributed by atoms with van der Waals surface area (Å²) in [6.07, 6.45) is -0.658. The molecular weight excluding hydrogens is 91.1 g/mol. The number of halogens is 1. The Morgan fingerprint density at radius 1 is 1.29 bits per heavy atom. The van der Waals surface area contributed by atoms with Crippen LogP contribution in [-0.2, 0) is 0 Å². The SMILES string of the molecule is FC1C#CCC#C1. The Morgan fingerprint density at radius 2 is 1.86 bits per heavy atom. The molecule has 34 valence electrons. The van der Waals surface area contributed by atoms with Crippen molar-refractivity contribution in [3.8, 4) is 23.7 Å². The lowest BCUT2D eigenvalue weighted by Crippen LogP contribution is -1.91. The Bertz CT molecular complexity index is 152. The quantitative estimate of drug-likeness (QED) is 0.388. The first-order valence-electron chi connectivity index (χ1n) is 2.00. The van der Waals surface area contributed by atoms with Gasteiger partial charge in [0.25, 0.3) is 0 Å². The molecular formula is C6H3F. The van der Waals surface area contributed by atoms with Crippen LogP contribution < -0.4 is 0 Å². The van der Waals surface area contributed by atoms with Crippen LogP contribution in [0.5, 0.6) is 0 Å². The normalized spacial score (nSPS) is 16.1. The van der Waals surface area contributed by atoms with E-state index in [1.807, 2.05) is 0 Å². The minimum Gasteiger partial charge on any atom is -0.219 e. The highest BCUT2D eigenvalue weighted by molar-refractivity contribution is 5.27. The van der Waals surface area contributed by atoms with Gasteiger partial charge in [-0.15, -0.1) is 0 Å². The van der Waals surface area contributed by atoms with E-state index in [9.17, 15) is 4.39 Å². The fourth-order valence-electron chi connectivity index (χ4n) is 0.362. The van der Waals surface area contributed by atoms with E-state index in [1.54, 1.807) is 0 Å². The first kappa shape index (κ1) is 4.22. The molecule has 0 amide bonds. The van der Waals surface area contributed by atoms with Crippen molar-refractivity contribution in [2.24, 2.45) is 0 Å². The van der Waals surface area contributed by atoms with Gasteiger partial charge in [0.2, 0.25) is 6.17 Å². The predicted octanol–water partition coefficient (Wildman–Crippen LogP) is 0.735. The van der Waals surface area contributed by atoms with Gasteiger partial charge in [-0.25, -0.2) is 4.39 Å². The lowest BCUT2D eigenvalue weighted by Gasteiger charge is -1.86. The second-order valence-electron chi connectivity index (χ2n) is 1.18. The molecule has 0 aromatic rings. The molecule has 0 N–H and O–H groups in total. The second kappa shape index (κ2) is 1.67. The molecule has 0 radical (unpaired) electrons. The van der Waals surface area contributed by atoms with Gasteiger partial charge >= 0.3 is 0 Å². The van der Waals surface area contributed by atoms with Gasteiger partial charge in [-0.2, -0.15) is 0 Å². The summed E-state index contributed by atoms with van der Waals surface area (Å²) < 4.78 is 11.8. The zero-order valence-corrected chi connectivity index (χ0v) is 3.66. The van der Waals surface area contributed by atoms with E-state index in [2.05, 4.69) is 23.7 Å². The zero-order valence-electron chi connectivity index (χ0n) is 3.66. The van der Waals surface area contributed by atoms with Crippen molar-refractivity contribution < 1.29 is 4.39 Å². The lowest BCUT2D eigenvalue weighted by atomic mass is 10.3. The predicted molar refractivity (Wildman–Crippen MR) is 25.1 cm³/mol. The molecule has 0 saturated heterocycles. The van der Waals surface area contributed by atoms with Crippen LogP contribution in [0.25, 0.3) is 0 Å². The average Bonchev–Trinajstić information content (AvgIpc) is 1.69. The summed E-state index contributed by atoms with van der Waals surface area (Å²) in [6.45, 7) is 0. The second-order valence-corrected chi connectivity index (χ2v) is 1.18. The van der Waals surface area contributed by atoms with Crippen LogP contribution in [0.3, 0.4) is 0 Å². The number of alkyl halides is 1. The molecule has 0 saturated carbocycles. The summed E-state index contributed by atoms with van der Waals surface area (Å²) in [5.41, 5.74) is 0. The van der Waals surface area contributed by atoms with E-state index in [0.29, 0.717) is 6.42 Å². The number of rotatable bonds is 0. The van der Waals surface area contributed by atoms with E-state index < -0.39 is 6.17 Å². The summed E-state index contributed by atoms with van der Waals surface area (Å²) in [7, 11) is 0. The molecule has 0 unspecified atom stereocenters. The zero-order chi connectivity index (χ0) is 5.11. The maximum Gasteiger partial charge on any atom is 0.221 e. The van der Waals surface area contributed by atoms with E-state index in [0.717, 1.165) is 0 Å². The molecule has 1 rings (SSSR count). The van der Waals surface area contributed by atoms with Gasteiger partial charge in [-0.05, 0) is 0 Å². The van der Waals surface area contributed by atoms with Gasteiger partial charge in [0.1, 0.15) is 0 Å². The molecule has 0 aromatic heterocycles. The molecule has 1 aliphatic carbocycles. The smallest absolute Gasteiger partial charge is 0.219 e. The van der Waals surface area contributed by atoms with Crippen molar-refractivity contribution in [2.75, 3.05) is 0 Å². The van der Waals surface area contributed by atoms with E-state index >= 15 is 0 Å². The monoisotopic (exact) mass is 94.0 g/mol. The van der Waals surface area contributed by atoms with Gasteiger partial charge in [0.05, 0.1) is 6.42 Å². The maximum absolute atomic E-state index is 11.8. The van der Waals surface area contributed by atoms with Crippen molar-refractivity contribution in [3.63, 3.8) is 0 Å².